The molecular weight excluding hydrogens is 349 g/mol. The Balaban J connectivity index is 1.44. The molecule has 7 nitrogen and oxygen atoms in total. The van der Waals surface area contributed by atoms with E-state index in [9.17, 15) is 9.18 Å². The number of carbonyl (C=O) groups excluding carboxylic acids is 1. The average molecular weight is 367 g/mol. The van der Waals surface area contributed by atoms with Crippen LogP contribution in [0.5, 0.6) is 5.88 Å². The number of amides is 1. The summed E-state index contributed by atoms with van der Waals surface area (Å²) in [4.78, 5) is 22.6. The lowest BCUT2D eigenvalue weighted by atomic mass is 10.1. The summed E-state index contributed by atoms with van der Waals surface area (Å²) >= 11 is 0. The van der Waals surface area contributed by atoms with Gasteiger partial charge in [0.1, 0.15) is 17.6 Å². The van der Waals surface area contributed by atoms with E-state index in [1.54, 1.807) is 41.7 Å². The van der Waals surface area contributed by atoms with Gasteiger partial charge >= 0.3 is 0 Å². The Hall–Kier alpha value is -3.29. The van der Waals surface area contributed by atoms with Gasteiger partial charge < -0.3 is 9.64 Å². The van der Waals surface area contributed by atoms with Crippen LogP contribution in [0.25, 0.3) is 11.3 Å². The Morgan fingerprint density at radius 2 is 2.11 bits per heavy atom. The highest BCUT2D eigenvalue weighted by Crippen LogP contribution is 2.21. The fraction of sp³-hybridized carbons (Fsp3) is 0.263. The maximum Gasteiger partial charge on any atom is 0.272 e. The molecule has 0 spiro atoms. The van der Waals surface area contributed by atoms with Crippen molar-refractivity contribution < 1.29 is 13.9 Å². The molecule has 0 aliphatic carbocycles. The molecule has 1 aromatic carbocycles. The Morgan fingerprint density at radius 1 is 1.26 bits per heavy atom. The first-order valence-electron chi connectivity index (χ1n) is 8.72. The largest absolute Gasteiger partial charge is 0.471 e. The van der Waals surface area contributed by atoms with Crippen LogP contribution >= 0.6 is 0 Å². The summed E-state index contributed by atoms with van der Waals surface area (Å²) in [5, 5.41) is 6.96. The third-order valence-electron chi connectivity index (χ3n) is 4.44. The Bertz CT molecular complexity index is 913. The van der Waals surface area contributed by atoms with E-state index in [0.717, 1.165) is 18.4 Å². The molecule has 2 aromatic heterocycles. The number of H-pyrrole nitrogens is 1. The van der Waals surface area contributed by atoms with E-state index in [4.69, 9.17) is 4.74 Å². The minimum Gasteiger partial charge on any atom is -0.471 e. The Labute approximate surface area is 155 Å². The van der Waals surface area contributed by atoms with E-state index >= 15 is 0 Å². The number of carbonyl (C=O) groups is 1. The van der Waals surface area contributed by atoms with Gasteiger partial charge in [-0.1, -0.05) is 0 Å². The van der Waals surface area contributed by atoms with Crippen molar-refractivity contribution in [3.63, 3.8) is 0 Å². The number of hydrogen-bond donors (Lipinski definition) is 1. The van der Waals surface area contributed by atoms with Crippen molar-refractivity contribution in [1.82, 2.24) is 25.1 Å². The second-order valence-corrected chi connectivity index (χ2v) is 6.35. The van der Waals surface area contributed by atoms with Gasteiger partial charge in [-0.3, -0.25) is 14.9 Å². The Morgan fingerprint density at radius 3 is 2.89 bits per heavy atom. The second-order valence-electron chi connectivity index (χ2n) is 6.35. The predicted octanol–water partition coefficient (Wildman–Crippen LogP) is 2.69. The summed E-state index contributed by atoms with van der Waals surface area (Å²) in [6.45, 7) is 1.13. The first-order valence-corrected chi connectivity index (χ1v) is 8.72. The third-order valence-corrected chi connectivity index (χ3v) is 4.44. The zero-order valence-electron chi connectivity index (χ0n) is 14.5. The van der Waals surface area contributed by atoms with E-state index in [2.05, 4.69) is 20.2 Å². The van der Waals surface area contributed by atoms with Crippen molar-refractivity contribution in [3.8, 4) is 17.1 Å². The van der Waals surface area contributed by atoms with Gasteiger partial charge in [-0.2, -0.15) is 5.10 Å². The fourth-order valence-electron chi connectivity index (χ4n) is 3.11. The van der Waals surface area contributed by atoms with Crippen molar-refractivity contribution >= 4 is 5.91 Å². The zero-order valence-corrected chi connectivity index (χ0v) is 14.5. The number of halogens is 1. The minimum absolute atomic E-state index is 0.126. The molecule has 8 heteroatoms. The van der Waals surface area contributed by atoms with E-state index < -0.39 is 0 Å². The van der Waals surface area contributed by atoms with Crippen LogP contribution in [0.2, 0.25) is 0 Å². The number of rotatable bonds is 4. The lowest BCUT2D eigenvalue weighted by Gasteiger charge is -2.32. The summed E-state index contributed by atoms with van der Waals surface area (Å²) in [7, 11) is 0. The summed E-state index contributed by atoms with van der Waals surface area (Å²) < 4.78 is 18.9. The van der Waals surface area contributed by atoms with Gasteiger partial charge in [0.25, 0.3) is 5.91 Å². The number of nitrogens with zero attached hydrogens (tertiary/aromatic N) is 4. The summed E-state index contributed by atoms with van der Waals surface area (Å²) in [6.07, 6.45) is 6.28. The van der Waals surface area contributed by atoms with Crippen molar-refractivity contribution in [2.75, 3.05) is 13.1 Å². The molecule has 1 atom stereocenters. The van der Waals surface area contributed by atoms with Crippen molar-refractivity contribution in [3.05, 3.63) is 60.4 Å². The fourth-order valence-corrected chi connectivity index (χ4v) is 3.11. The normalized spacial score (nSPS) is 16.9. The number of aromatic amines is 1. The molecule has 1 aliphatic heterocycles. The first kappa shape index (κ1) is 17.1. The standard InChI is InChI=1S/C19H18FN5O2/c20-14-5-3-13(4-6-14)16-10-17(24-23-16)19(26)25-9-1-2-15(12-25)27-18-11-21-7-8-22-18/h3-8,10-11,15H,1-2,9,12H2,(H,23,24). The molecular formula is C19H18FN5O2. The van der Waals surface area contributed by atoms with E-state index in [0.29, 0.717) is 30.4 Å². The van der Waals surface area contributed by atoms with Gasteiger partial charge in [0, 0.05) is 24.5 Å². The Kier molecular flexibility index (Phi) is 4.78. The van der Waals surface area contributed by atoms with Gasteiger partial charge in [0.05, 0.1) is 18.4 Å². The maximum absolute atomic E-state index is 13.1. The summed E-state index contributed by atoms with van der Waals surface area (Å²) in [5.41, 5.74) is 1.74. The number of nitrogens with one attached hydrogen (secondary N) is 1. The van der Waals surface area contributed by atoms with Crippen LogP contribution in [-0.2, 0) is 0 Å². The molecule has 0 bridgehead atoms. The maximum atomic E-state index is 13.1. The predicted molar refractivity (Wildman–Crippen MR) is 95.6 cm³/mol. The topological polar surface area (TPSA) is 84.0 Å². The van der Waals surface area contributed by atoms with Crippen LogP contribution in [-0.4, -0.2) is 50.2 Å². The van der Waals surface area contributed by atoms with Crippen LogP contribution in [0, 0.1) is 5.82 Å². The average Bonchev–Trinajstić information content (AvgIpc) is 3.19. The van der Waals surface area contributed by atoms with Crippen LogP contribution in [0.3, 0.4) is 0 Å². The molecule has 0 radical (unpaired) electrons. The van der Waals surface area contributed by atoms with Crippen LogP contribution in [0.4, 0.5) is 4.39 Å². The zero-order chi connectivity index (χ0) is 18.6. The molecule has 1 unspecified atom stereocenters. The number of piperidine rings is 1. The number of likely N-dealkylation sites (tertiary alicyclic amines) is 1. The highest BCUT2D eigenvalue weighted by atomic mass is 19.1. The lowest BCUT2D eigenvalue weighted by molar-refractivity contribution is 0.0521. The monoisotopic (exact) mass is 367 g/mol. The van der Waals surface area contributed by atoms with Gasteiger partial charge in [-0.25, -0.2) is 9.37 Å². The summed E-state index contributed by atoms with van der Waals surface area (Å²) in [6, 6.07) is 7.68. The quantitative estimate of drug-likeness (QED) is 0.766. The number of hydrogen-bond acceptors (Lipinski definition) is 5. The van der Waals surface area contributed by atoms with E-state index in [1.165, 1.54) is 12.1 Å². The highest BCUT2D eigenvalue weighted by Gasteiger charge is 2.27. The molecule has 1 fully saturated rings. The molecule has 1 N–H and O–H groups in total. The van der Waals surface area contributed by atoms with Crippen molar-refractivity contribution in [1.29, 1.82) is 0 Å². The number of ether oxygens (including phenoxy) is 1. The molecule has 27 heavy (non-hydrogen) atoms. The molecule has 1 saturated heterocycles. The first-order chi connectivity index (χ1) is 13.2. The molecule has 1 amide bonds. The number of aromatic nitrogens is 4. The van der Waals surface area contributed by atoms with E-state index in [1.807, 2.05) is 0 Å². The molecule has 3 heterocycles. The molecule has 138 valence electrons. The molecule has 0 saturated carbocycles. The minimum atomic E-state index is -0.312. The molecule has 1 aliphatic rings. The molecule has 3 aromatic rings. The van der Waals surface area contributed by atoms with Gasteiger partial charge in [0.15, 0.2) is 0 Å². The summed E-state index contributed by atoms with van der Waals surface area (Å²) in [5.74, 6) is 0.00768. The van der Waals surface area contributed by atoms with Crippen molar-refractivity contribution in [2.45, 2.75) is 18.9 Å². The SMILES string of the molecule is O=C(c1cc(-c2ccc(F)cc2)n[nH]1)N1CCCC(Oc2cnccn2)C1. The molecule has 4 rings (SSSR count). The second kappa shape index (κ2) is 7.53. The van der Waals surface area contributed by atoms with Crippen LogP contribution in [0.1, 0.15) is 23.3 Å². The number of benzene rings is 1. The van der Waals surface area contributed by atoms with E-state index in [-0.39, 0.29) is 17.8 Å². The van der Waals surface area contributed by atoms with Gasteiger partial charge in [-0.15, -0.1) is 0 Å². The van der Waals surface area contributed by atoms with Crippen molar-refractivity contribution in [2.24, 2.45) is 0 Å². The van der Waals surface area contributed by atoms with Gasteiger partial charge in [0.2, 0.25) is 5.88 Å². The lowest BCUT2D eigenvalue weighted by Crippen LogP contribution is -2.44. The van der Waals surface area contributed by atoms with Crippen LogP contribution in [0.15, 0.2) is 48.9 Å². The third kappa shape index (κ3) is 3.94. The van der Waals surface area contributed by atoms with Gasteiger partial charge in [-0.05, 0) is 43.2 Å². The highest BCUT2D eigenvalue weighted by molar-refractivity contribution is 5.93. The smallest absolute Gasteiger partial charge is 0.272 e. The van der Waals surface area contributed by atoms with Crippen LogP contribution < -0.4 is 4.74 Å².